The first kappa shape index (κ1) is 18.8. The lowest BCUT2D eigenvalue weighted by Gasteiger charge is -2.15. The van der Waals surface area contributed by atoms with Crippen molar-refractivity contribution in [3.05, 3.63) is 102 Å². The molecule has 0 unspecified atom stereocenters. The summed E-state index contributed by atoms with van der Waals surface area (Å²) in [6.45, 7) is 6.54. The van der Waals surface area contributed by atoms with Crippen LogP contribution in [0.5, 0.6) is 0 Å². The summed E-state index contributed by atoms with van der Waals surface area (Å²) in [7, 11) is 0. The SMILES string of the molecule is C/C=C\C=C/c1ccc2c(c1)sc1c(C)c(-c3ccccc3C)c3ccccc3c12. The van der Waals surface area contributed by atoms with Gasteiger partial charge >= 0.3 is 0 Å². The molecule has 0 radical (unpaired) electrons. The Morgan fingerprint density at radius 1 is 0.767 bits per heavy atom. The highest BCUT2D eigenvalue weighted by Gasteiger charge is 2.18. The molecule has 1 heterocycles. The number of fused-ring (bicyclic) bond motifs is 5. The van der Waals surface area contributed by atoms with E-state index in [2.05, 4.69) is 105 Å². The molecule has 146 valence electrons. The molecule has 1 heteroatoms. The van der Waals surface area contributed by atoms with Gasteiger partial charge in [0.25, 0.3) is 0 Å². The molecule has 0 saturated carbocycles. The molecule has 0 N–H and O–H groups in total. The Balaban J connectivity index is 1.88. The standard InChI is InChI=1S/C29H24S/c1-4-5-6-12-21-16-17-25-26(18-21)30-29-20(3)27(22-13-8-7-11-19(22)2)23-14-9-10-15-24(23)28(25)29/h4-18H,1-3H3/b5-4-,12-6-. The maximum absolute atomic E-state index is 2.32. The maximum Gasteiger partial charge on any atom is 0.0397 e. The second kappa shape index (κ2) is 7.59. The number of allylic oxidation sites excluding steroid dienone is 3. The average molecular weight is 405 g/mol. The van der Waals surface area contributed by atoms with Crippen LogP contribution in [-0.4, -0.2) is 0 Å². The van der Waals surface area contributed by atoms with Crippen LogP contribution < -0.4 is 0 Å². The highest BCUT2D eigenvalue weighted by atomic mass is 32.1. The monoisotopic (exact) mass is 404 g/mol. The zero-order chi connectivity index (χ0) is 20.7. The number of thiophene rings is 1. The van der Waals surface area contributed by atoms with Crippen LogP contribution in [0.4, 0.5) is 0 Å². The second-order valence-electron chi connectivity index (χ2n) is 7.81. The molecular formula is C29H24S. The summed E-state index contributed by atoms with van der Waals surface area (Å²) in [5, 5.41) is 5.44. The molecule has 5 rings (SSSR count). The van der Waals surface area contributed by atoms with Crippen LogP contribution >= 0.6 is 11.3 Å². The third-order valence-corrected chi connectivity index (χ3v) is 7.17. The van der Waals surface area contributed by atoms with Gasteiger partial charge in [0.2, 0.25) is 0 Å². The van der Waals surface area contributed by atoms with E-state index in [1.54, 1.807) is 0 Å². The molecule has 0 saturated heterocycles. The molecule has 30 heavy (non-hydrogen) atoms. The predicted molar refractivity (Wildman–Crippen MR) is 136 cm³/mol. The summed E-state index contributed by atoms with van der Waals surface area (Å²) in [5.41, 5.74) is 6.65. The van der Waals surface area contributed by atoms with Crippen molar-refractivity contribution < 1.29 is 0 Å². The van der Waals surface area contributed by atoms with Gasteiger partial charge in [-0.25, -0.2) is 0 Å². The van der Waals surface area contributed by atoms with Crippen molar-refractivity contribution >= 4 is 48.4 Å². The van der Waals surface area contributed by atoms with Gasteiger partial charge in [0.1, 0.15) is 0 Å². The van der Waals surface area contributed by atoms with Crippen LogP contribution in [0.3, 0.4) is 0 Å². The van der Waals surface area contributed by atoms with Crippen molar-refractivity contribution in [1.29, 1.82) is 0 Å². The first-order valence-corrected chi connectivity index (χ1v) is 11.2. The van der Waals surface area contributed by atoms with Crippen molar-refractivity contribution in [2.45, 2.75) is 20.8 Å². The van der Waals surface area contributed by atoms with Gasteiger partial charge in [0.05, 0.1) is 0 Å². The van der Waals surface area contributed by atoms with E-state index in [9.17, 15) is 0 Å². The third kappa shape index (κ3) is 2.98. The number of hydrogen-bond donors (Lipinski definition) is 0. The Labute approximate surface area is 181 Å². The van der Waals surface area contributed by atoms with Crippen molar-refractivity contribution in [2.24, 2.45) is 0 Å². The van der Waals surface area contributed by atoms with Crippen LogP contribution in [0.15, 0.2) is 85.0 Å². The minimum atomic E-state index is 1.24. The molecule has 0 aliphatic carbocycles. The third-order valence-electron chi connectivity index (χ3n) is 5.90. The van der Waals surface area contributed by atoms with Crippen molar-refractivity contribution in [3.63, 3.8) is 0 Å². The first-order valence-electron chi connectivity index (χ1n) is 10.4. The second-order valence-corrected chi connectivity index (χ2v) is 8.86. The van der Waals surface area contributed by atoms with Gasteiger partial charge in [0, 0.05) is 20.2 Å². The molecule has 5 aromatic rings. The topological polar surface area (TPSA) is 0 Å². The van der Waals surface area contributed by atoms with Crippen LogP contribution in [-0.2, 0) is 0 Å². The molecule has 0 aliphatic heterocycles. The van der Waals surface area contributed by atoms with Crippen LogP contribution in [0.1, 0.15) is 23.6 Å². The van der Waals surface area contributed by atoms with Gasteiger partial charge in [-0.05, 0) is 65.4 Å². The van der Waals surface area contributed by atoms with Gasteiger partial charge in [-0.2, -0.15) is 0 Å². The first-order chi connectivity index (χ1) is 14.7. The van der Waals surface area contributed by atoms with Crippen LogP contribution in [0.2, 0.25) is 0 Å². The molecule has 0 atom stereocenters. The Bertz CT molecular complexity index is 1460. The van der Waals surface area contributed by atoms with E-state index in [0.29, 0.717) is 0 Å². The maximum atomic E-state index is 2.32. The van der Waals surface area contributed by atoms with E-state index < -0.39 is 0 Å². The van der Waals surface area contributed by atoms with E-state index in [1.165, 1.54) is 58.8 Å². The van der Waals surface area contributed by atoms with E-state index in [4.69, 9.17) is 0 Å². The number of hydrogen-bond acceptors (Lipinski definition) is 1. The Hall–Kier alpha value is -3.16. The normalized spacial score (nSPS) is 12.2. The zero-order valence-electron chi connectivity index (χ0n) is 17.6. The molecule has 0 spiro atoms. The quantitative estimate of drug-likeness (QED) is 0.263. The summed E-state index contributed by atoms with van der Waals surface area (Å²) < 4.78 is 2.75. The van der Waals surface area contributed by atoms with Gasteiger partial charge in [-0.3, -0.25) is 0 Å². The number of aryl methyl sites for hydroxylation is 2. The fourth-order valence-corrected chi connectivity index (χ4v) is 5.73. The van der Waals surface area contributed by atoms with Gasteiger partial charge in [0.15, 0.2) is 0 Å². The zero-order valence-corrected chi connectivity index (χ0v) is 18.4. The fourth-order valence-electron chi connectivity index (χ4n) is 4.46. The predicted octanol–water partition coefficient (Wildman–Crippen LogP) is 9.08. The van der Waals surface area contributed by atoms with E-state index >= 15 is 0 Å². The lowest BCUT2D eigenvalue weighted by Crippen LogP contribution is -1.90. The Morgan fingerprint density at radius 2 is 1.53 bits per heavy atom. The lowest BCUT2D eigenvalue weighted by atomic mass is 9.89. The van der Waals surface area contributed by atoms with E-state index in [1.807, 2.05) is 18.3 Å². The molecule has 0 bridgehead atoms. The summed E-state index contributed by atoms with van der Waals surface area (Å²) in [6.07, 6.45) is 8.40. The molecule has 0 amide bonds. The van der Waals surface area contributed by atoms with Gasteiger partial charge < -0.3 is 0 Å². The van der Waals surface area contributed by atoms with Gasteiger partial charge in [-0.15, -0.1) is 11.3 Å². The van der Waals surface area contributed by atoms with Crippen LogP contribution in [0.25, 0.3) is 48.1 Å². The van der Waals surface area contributed by atoms with Gasteiger partial charge in [-0.1, -0.05) is 85.0 Å². The molecule has 4 aromatic carbocycles. The minimum absolute atomic E-state index is 1.24. The lowest BCUT2D eigenvalue weighted by molar-refractivity contribution is 1.45. The summed E-state index contributed by atoms with van der Waals surface area (Å²) in [6, 6.07) is 24.5. The highest BCUT2D eigenvalue weighted by Crippen LogP contribution is 2.46. The molecule has 0 aliphatic rings. The average Bonchev–Trinajstić information content (AvgIpc) is 3.15. The summed E-state index contributed by atoms with van der Waals surface area (Å²) >= 11 is 1.92. The molecule has 0 nitrogen and oxygen atoms in total. The van der Waals surface area contributed by atoms with E-state index in [-0.39, 0.29) is 0 Å². The minimum Gasteiger partial charge on any atom is -0.135 e. The highest BCUT2D eigenvalue weighted by molar-refractivity contribution is 7.26. The fraction of sp³-hybridized carbons (Fsp3) is 0.103. The van der Waals surface area contributed by atoms with Crippen molar-refractivity contribution in [1.82, 2.24) is 0 Å². The number of benzene rings is 4. The molecular weight excluding hydrogens is 380 g/mol. The Morgan fingerprint density at radius 3 is 2.33 bits per heavy atom. The smallest absolute Gasteiger partial charge is 0.0397 e. The summed E-state index contributed by atoms with van der Waals surface area (Å²) in [5.74, 6) is 0. The summed E-state index contributed by atoms with van der Waals surface area (Å²) in [4.78, 5) is 0. The van der Waals surface area contributed by atoms with Crippen molar-refractivity contribution in [3.8, 4) is 11.1 Å². The van der Waals surface area contributed by atoms with E-state index in [0.717, 1.165) is 0 Å². The van der Waals surface area contributed by atoms with Crippen molar-refractivity contribution in [2.75, 3.05) is 0 Å². The molecule has 1 aromatic heterocycles. The number of rotatable bonds is 3. The largest absolute Gasteiger partial charge is 0.135 e. The molecule has 0 fully saturated rings. The van der Waals surface area contributed by atoms with Crippen LogP contribution in [0, 0.1) is 13.8 Å². The Kier molecular flexibility index (Phi) is 4.77.